The third kappa shape index (κ3) is 3.59. The molecule has 6 nitrogen and oxygen atoms in total. The Labute approximate surface area is 88.3 Å². The van der Waals surface area contributed by atoms with Crippen LogP contribution in [0.5, 0.6) is 11.8 Å². The number of hydrogen-bond donors (Lipinski definition) is 2. The van der Waals surface area contributed by atoms with Crippen LogP contribution in [-0.2, 0) is 0 Å². The topological polar surface area (TPSA) is 76.5 Å². The molecule has 1 rings (SSSR count). The Balaban J connectivity index is 2.77. The molecule has 0 aliphatic rings. The predicted molar refractivity (Wildman–Crippen MR) is 55.3 cm³/mol. The van der Waals surface area contributed by atoms with Gasteiger partial charge in [0.15, 0.2) is 0 Å². The molecule has 1 heterocycles. The molecule has 15 heavy (non-hydrogen) atoms. The van der Waals surface area contributed by atoms with Gasteiger partial charge in [-0.25, -0.2) is 0 Å². The lowest BCUT2D eigenvalue weighted by atomic mass is 10.4. The number of hydrogen-bond acceptors (Lipinski definition) is 6. The third-order valence-corrected chi connectivity index (χ3v) is 1.65. The zero-order valence-electron chi connectivity index (χ0n) is 9.02. The second-order valence-electron chi connectivity index (χ2n) is 3.01. The molecule has 0 radical (unpaired) electrons. The van der Waals surface area contributed by atoms with Crippen molar-refractivity contribution in [1.82, 2.24) is 9.97 Å². The van der Waals surface area contributed by atoms with Gasteiger partial charge in [0.25, 0.3) is 0 Å². The SMILES string of the molecule is COc1cc(OC)nc(NCC(C)O)n1. The highest BCUT2D eigenvalue weighted by atomic mass is 16.5. The van der Waals surface area contributed by atoms with E-state index in [0.29, 0.717) is 24.3 Å². The highest BCUT2D eigenvalue weighted by molar-refractivity contribution is 5.33. The smallest absolute Gasteiger partial charge is 0.229 e. The van der Waals surface area contributed by atoms with Crippen molar-refractivity contribution in [3.05, 3.63) is 6.07 Å². The Kier molecular flexibility index (Phi) is 4.11. The highest BCUT2D eigenvalue weighted by Gasteiger charge is 2.05. The van der Waals surface area contributed by atoms with Gasteiger partial charge in [-0.15, -0.1) is 0 Å². The zero-order chi connectivity index (χ0) is 11.3. The van der Waals surface area contributed by atoms with Gasteiger partial charge in [0, 0.05) is 6.54 Å². The molecule has 0 amide bonds. The van der Waals surface area contributed by atoms with Gasteiger partial charge >= 0.3 is 0 Å². The molecule has 1 aromatic rings. The van der Waals surface area contributed by atoms with Crippen LogP contribution >= 0.6 is 0 Å². The Hall–Kier alpha value is -1.56. The fourth-order valence-corrected chi connectivity index (χ4v) is 0.931. The Bertz CT molecular complexity index is 295. The van der Waals surface area contributed by atoms with Crippen molar-refractivity contribution in [2.45, 2.75) is 13.0 Å². The number of nitrogens with zero attached hydrogens (tertiary/aromatic N) is 2. The van der Waals surface area contributed by atoms with E-state index in [1.807, 2.05) is 0 Å². The molecular formula is C9H15N3O3. The van der Waals surface area contributed by atoms with Crippen LogP contribution in [0.1, 0.15) is 6.92 Å². The van der Waals surface area contributed by atoms with Crippen LogP contribution in [0.25, 0.3) is 0 Å². The number of methoxy groups -OCH3 is 2. The van der Waals surface area contributed by atoms with E-state index >= 15 is 0 Å². The third-order valence-electron chi connectivity index (χ3n) is 1.65. The van der Waals surface area contributed by atoms with Crippen LogP contribution in [0.2, 0.25) is 0 Å². The Morgan fingerprint density at radius 1 is 1.33 bits per heavy atom. The Morgan fingerprint density at radius 3 is 2.27 bits per heavy atom. The molecule has 0 saturated heterocycles. The summed E-state index contributed by atoms with van der Waals surface area (Å²) in [5.41, 5.74) is 0. The molecular weight excluding hydrogens is 198 g/mol. The van der Waals surface area contributed by atoms with Crippen molar-refractivity contribution >= 4 is 5.95 Å². The molecule has 0 aliphatic heterocycles. The van der Waals surface area contributed by atoms with Gasteiger partial charge in [-0.1, -0.05) is 0 Å². The van der Waals surface area contributed by atoms with Crippen LogP contribution < -0.4 is 14.8 Å². The molecule has 0 aromatic carbocycles. The maximum atomic E-state index is 9.09. The first kappa shape index (κ1) is 11.5. The van der Waals surface area contributed by atoms with Crippen molar-refractivity contribution < 1.29 is 14.6 Å². The van der Waals surface area contributed by atoms with Crippen LogP contribution in [0, 0.1) is 0 Å². The number of ether oxygens (including phenoxy) is 2. The van der Waals surface area contributed by atoms with E-state index in [9.17, 15) is 0 Å². The van der Waals surface area contributed by atoms with Crippen LogP contribution in [0.4, 0.5) is 5.95 Å². The van der Waals surface area contributed by atoms with Gasteiger partial charge in [0.2, 0.25) is 17.7 Å². The van der Waals surface area contributed by atoms with E-state index in [4.69, 9.17) is 14.6 Å². The minimum atomic E-state index is -0.467. The van der Waals surface area contributed by atoms with E-state index in [0.717, 1.165) is 0 Å². The summed E-state index contributed by atoms with van der Waals surface area (Å²) in [6, 6.07) is 1.58. The zero-order valence-corrected chi connectivity index (χ0v) is 9.02. The van der Waals surface area contributed by atoms with Gasteiger partial charge in [0.05, 0.1) is 26.4 Å². The van der Waals surface area contributed by atoms with Crippen molar-refractivity contribution in [3.63, 3.8) is 0 Å². The number of aromatic nitrogens is 2. The van der Waals surface area contributed by atoms with Gasteiger partial charge in [-0.05, 0) is 6.92 Å². The van der Waals surface area contributed by atoms with Crippen molar-refractivity contribution in [2.24, 2.45) is 0 Å². The highest BCUT2D eigenvalue weighted by Crippen LogP contribution is 2.16. The molecule has 1 unspecified atom stereocenters. The quantitative estimate of drug-likeness (QED) is 0.732. The molecule has 1 aromatic heterocycles. The largest absolute Gasteiger partial charge is 0.481 e. The normalized spacial score (nSPS) is 12.0. The summed E-state index contributed by atoms with van der Waals surface area (Å²) < 4.78 is 9.94. The number of aliphatic hydroxyl groups is 1. The van der Waals surface area contributed by atoms with E-state index in [1.54, 1.807) is 13.0 Å². The van der Waals surface area contributed by atoms with Gasteiger partial charge in [-0.3, -0.25) is 0 Å². The van der Waals surface area contributed by atoms with E-state index in [-0.39, 0.29) is 0 Å². The van der Waals surface area contributed by atoms with E-state index < -0.39 is 6.10 Å². The lowest BCUT2D eigenvalue weighted by Gasteiger charge is -2.09. The summed E-state index contributed by atoms with van der Waals surface area (Å²) >= 11 is 0. The first-order chi connectivity index (χ1) is 7.15. The minimum Gasteiger partial charge on any atom is -0.481 e. The van der Waals surface area contributed by atoms with Gasteiger partial charge in [-0.2, -0.15) is 9.97 Å². The minimum absolute atomic E-state index is 0.368. The monoisotopic (exact) mass is 213 g/mol. The average Bonchev–Trinajstić information content (AvgIpc) is 2.25. The molecule has 84 valence electrons. The average molecular weight is 213 g/mol. The molecule has 0 fully saturated rings. The van der Waals surface area contributed by atoms with E-state index in [2.05, 4.69) is 15.3 Å². The maximum absolute atomic E-state index is 9.09. The fraction of sp³-hybridized carbons (Fsp3) is 0.556. The Morgan fingerprint density at radius 2 is 1.87 bits per heavy atom. The number of anilines is 1. The summed E-state index contributed by atoms with van der Waals surface area (Å²) in [5.74, 6) is 1.19. The summed E-state index contributed by atoms with van der Waals surface area (Å²) in [7, 11) is 3.03. The predicted octanol–water partition coefficient (Wildman–Crippen LogP) is 0.286. The number of nitrogens with one attached hydrogen (secondary N) is 1. The summed E-state index contributed by atoms with van der Waals surface area (Å²) in [4.78, 5) is 8.07. The molecule has 0 spiro atoms. The first-order valence-corrected chi connectivity index (χ1v) is 4.54. The van der Waals surface area contributed by atoms with Gasteiger partial charge < -0.3 is 19.9 Å². The van der Waals surface area contributed by atoms with Crippen molar-refractivity contribution in [3.8, 4) is 11.8 Å². The lowest BCUT2D eigenvalue weighted by molar-refractivity contribution is 0.208. The van der Waals surface area contributed by atoms with Crippen LogP contribution in [0.15, 0.2) is 6.07 Å². The van der Waals surface area contributed by atoms with Crippen molar-refractivity contribution in [2.75, 3.05) is 26.1 Å². The van der Waals surface area contributed by atoms with Crippen LogP contribution in [-0.4, -0.2) is 41.9 Å². The number of aliphatic hydroxyl groups excluding tert-OH is 1. The first-order valence-electron chi connectivity index (χ1n) is 4.54. The second-order valence-corrected chi connectivity index (χ2v) is 3.01. The summed E-state index contributed by atoms with van der Waals surface area (Å²) in [6.45, 7) is 2.04. The van der Waals surface area contributed by atoms with Crippen LogP contribution in [0.3, 0.4) is 0 Å². The molecule has 0 aliphatic carbocycles. The molecule has 6 heteroatoms. The van der Waals surface area contributed by atoms with E-state index in [1.165, 1.54) is 14.2 Å². The number of rotatable bonds is 5. The van der Waals surface area contributed by atoms with Crippen molar-refractivity contribution in [1.29, 1.82) is 0 Å². The van der Waals surface area contributed by atoms with Gasteiger partial charge in [0.1, 0.15) is 0 Å². The molecule has 0 saturated carbocycles. The molecule has 0 bridgehead atoms. The molecule has 1 atom stereocenters. The summed E-state index contributed by atoms with van der Waals surface area (Å²) in [6.07, 6.45) is -0.467. The fourth-order valence-electron chi connectivity index (χ4n) is 0.931. The lowest BCUT2D eigenvalue weighted by Crippen LogP contribution is -2.17. The molecule has 2 N–H and O–H groups in total. The maximum Gasteiger partial charge on any atom is 0.229 e. The second kappa shape index (κ2) is 5.35. The summed E-state index contributed by atoms with van der Waals surface area (Å²) in [5, 5.41) is 11.9. The standard InChI is InChI=1S/C9H15N3O3/c1-6(13)5-10-9-11-7(14-2)4-8(12-9)15-3/h4,6,13H,5H2,1-3H3,(H,10,11,12).